The van der Waals surface area contributed by atoms with Crippen LogP contribution in [0.2, 0.25) is 0 Å². The molecule has 2 rings (SSSR count). The first kappa shape index (κ1) is 9.71. The molecule has 0 spiro atoms. The molecule has 1 aromatic carbocycles. The van der Waals surface area contributed by atoms with Crippen LogP contribution in [0.1, 0.15) is 21.6 Å². The van der Waals surface area contributed by atoms with E-state index in [9.17, 15) is 4.79 Å². The number of ketones is 1. The predicted molar refractivity (Wildman–Crippen MR) is 60.0 cm³/mol. The van der Waals surface area contributed by atoms with E-state index in [0.29, 0.717) is 12.1 Å². The monoisotopic (exact) mass is 199 g/mol. The van der Waals surface area contributed by atoms with E-state index in [1.54, 1.807) is 0 Å². The van der Waals surface area contributed by atoms with Crippen LogP contribution in [0.5, 0.6) is 0 Å². The average Bonchev–Trinajstić information content (AvgIpc) is 2.66. The average molecular weight is 199 g/mol. The van der Waals surface area contributed by atoms with Gasteiger partial charge in [-0.15, -0.1) is 0 Å². The van der Waals surface area contributed by atoms with Crippen LogP contribution < -0.4 is 0 Å². The Morgan fingerprint density at radius 3 is 2.60 bits per heavy atom. The predicted octanol–water partition coefficient (Wildman–Crippen LogP) is 2.75. The SMILES string of the molecule is Cc1c[nH]c(C(=O)Cc2ccccc2)c1. The lowest BCUT2D eigenvalue weighted by molar-refractivity contribution is 0.0989. The van der Waals surface area contributed by atoms with Crippen molar-refractivity contribution in [1.29, 1.82) is 0 Å². The van der Waals surface area contributed by atoms with Crippen molar-refractivity contribution in [2.45, 2.75) is 13.3 Å². The topological polar surface area (TPSA) is 32.9 Å². The minimum atomic E-state index is 0.134. The molecule has 0 aliphatic heterocycles. The molecule has 2 nitrogen and oxygen atoms in total. The van der Waals surface area contributed by atoms with Gasteiger partial charge in [0.15, 0.2) is 5.78 Å². The van der Waals surface area contributed by atoms with E-state index in [1.807, 2.05) is 49.5 Å². The summed E-state index contributed by atoms with van der Waals surface area (Å²) < 4.78 is 0. The Morgan fingerprint density at radius 2 is 2.00 bits per heavy atom. The van der Waals surface area contributed by atoms with Gasteiger partial charge >= 0.3 is 0 Å². The number of hydrogen-bond donors (Lipinski definition) is 1. The van der Waals surface area contributed by atoms with Crippen molar-refractivity contribution in [3.8, 4) is 0 Å². The molecule has 76 valence electrons. The molecule has 0 aliphatic carbocycles. The Labute approximate surface area is 89.0 Å². The van der Waals surface area contributed by atoms with Gasteiger partial charge in [0.25, 0.3) is 0 Å². The summed E-state index contributed by atoms with van der Waals surface area (Å²) >= 11 is 0. The highest BCUT2D eigenvalue weighted by atomic mass is 16.1. The van der Waals surface area contributed by atoms with Gasteiger partial charge in [0, 0.05) is 12.6 Å². The van der Waals surface area contributed by atoms with Crippen molar-refractivity contribution >= 4 is 5.78 Å². The number of aromatic nitrogens is 1. The van der Waals surface area contributed by atoms with Gasteiger partial charge in [-0.2, -0.15) is 0 Å². The number of benzene rings is 1. The van der Waals surface area contributed by atoms with Crippen molar-refractivity contribution in [3.05, 3.63) is 59.4 Å². The third kappa shape index (κ3) is 2.34. The molecular weight excluding hydrogens is 186 g/mol. The lowest BCUT2D eigenvalue weighted by atomic mass is 10.1. The number of aryl methyl sites for hydroxylation is 1. The highest BCUT2D eigenvalue weighted by Crippen LogP contribution is 2.07. The van der Waals surface area contributed by atoms with E-state index in [4.69, 9.17) is 0 Å². The van der Waals surface area contributed by atoms with Gasteiger partial charge in [0.05, 0.1) is 5.69 Å². The summed E-state index contributed by atoms with van der Waals surface area (Å²) in [7, 11) is 0. The smallest absolute Gasteiger partial charge is 0.183 e. The quantitative estimate of drug-likeness (QED) is 0.757. The molecule has 0 saturated carbocycles. The Bertz CT molecular complexity index is 456. The second-order valence-corrected chi connectivity index (χ2v) is 3.68. The van der Waals surface area contributed by atoms with E-state index in [-0.39, 0.29) is 5.78 Å². The fourth-order valence-electron chi connectivity index (χ4n) is 1.54. The van der Waals surface area contributed by atoms with Crippen molar-refractivity contribution in [2.75, 3.05) is 0 Å². The molecular formula is C13H13NO. The molecule has 1 heterocycles. The number of hydrogen-bond acceptors (Lipinski definition) is 1. The number of carbonyl (C=O) groups is 1. The van der Waals surface area contributed by atoms with Gasteiger partial charge in [-0.05, 0) is 24.1 Å². The summed E-state index contributed by atoms with van der Waals surface area (Å²) in [5.41, 5.74) is 2.83. The standard InChI is InChI=1S/C13H13NO/c1-10-7-12(14-9-10)13(15)8-11-5-3-2-4-6-11/h2-7,9,14H,8H2,1H3. The number of carbonyl (C=O) groups excluding carboxylic acids is 1. The fourth-order valence-corrected chi connectivity index (χ4v) is 1.54. The molecule has 15 heavy (non-hydrogen) atoms. The summed E-state index contributed by atoms with van der Waals surface area (Å²) in [6, 6.07) is 11.7. The molecule has 0 fully saturated rings. The van der Waals surface area contributed by atoms with E-state index in [2.05, 4.69) is 4.98 Å². The summed E-state index contributed by atoms with van der Waals surface area (Å²) in [5, 5.41) is 0. The van der Waals surface area contributed by atoms with Crippen molar-refractivity contribution in [2.24, 2.45) is 0 Å². The van der Waals surface area contributed by atoms with E-state index < -0.39 is 0 Å². The molecule has 0 aliphatic rings. The van der Waals surface area contributed by atoms with Gasteiger partial charge < -0.3 is 4.98 Å². The van der Waals surface area contributed by atoms with Gasteiger partial charge in [-0.1, -0.05) is 30.3 Å². The van der Waals surface area contributed by atoms with Crippen molar-refractivity contribution in [3.63, 3.8) is 0 Å². The summed E-state index contributed by atoms with van der Waals surface area (Å²) in [6.07, 6.45) is 2.30. The molecule has 1 aromatic heterocycles. The van der Waals surface area contributed by atoms with E-state index >= 15 is 0 Å². The van der Waals surface area contributed by atoms with E-state index in [1.165, 1.54) is 0 Å². The van der Waals surface area contributed by atoms with Gasteiger partial charge in [0.2, 0.25) is 0 Å². The Hall–Kier alpha value is -1.83. The highest BCUT2D eigenvalue weighted by Gasteiger charge is 2.07. The van der Waals surface area contributed by atoms with Gasteiger partial charge in [-0.25, -0.2) is 0 Å². The Kier molecular flexibility index (Phi) is 2.68. The molecule has 1 N–H and O–H groups in total. The maximum absolute atomic E-state index is 11.8. The third-order valence-corrected chi connectivity index (χ3v) is 2.34. The van der Waals surface area contributed by atoms with Crippen LogP contribution in [0, 0.1) is 6.92 Å². The lowest BCUT2D eigenvalue weighted by Gasteiger charge is -1.98. The zero-order valence-electron chi connectivity index (χ0n) is 8.66. The zero-order chi connectivity index (χ0) is 10.7. The van der Waals surface area contributed by atoms with Crippen LogP contribution in [-0.4, -0.2) is 10.8 Å². The minimum Gasteiger partial charge on any atom is -0.359 e. The summed E-state index contributed by atoms with van der Waals surface area (Å²) in [6.45, 7) is 1.97. The second kappa shape index (κ2) is 4.13. The maximum Gasteiger partial charge on any atom is 0.183 e. The Morgan fingerprint density at radius 1 is 1.27 bits per heavy atom. The summed E-state index contributed by atoms with van der Waals surface area (Å²) in [5.74, 6) is 0.134. The molecule has 2 aromatic rings. The molecule has 0 radical (unpaired) electrons. The first-order chi connectivity index (χ1) is 7.25. The van der Waals surface area contributed by atoms with Crippen LogP contribution in [0.15, 0.2) is 42.6 Å². The summed E-state index contributed by atoms with van der Waals surface area (Å²) in [4.78, 5) is 14.8. The minimum absolute atomic E-state index is 0.134. The van der Waals surface area contributed by atoms with E-state index in [0.717, 1.165) is 11.1 Å². The van der Waals surface area contributed by atoms with Crippen molar-refractivity contribution < 1.29 is 4.79 Å². The largest absolute Gasteiger partial charge is 0.359 e. The van der Waals surface area contributed by atoms with Crippen LogP contribution in [0.4, 0.5) is 0 Å². The van der Waals surface area contributed by atoms with Crippen molar-refractivity contribution in [1.82, 2.24) is 4.98 Å². The molecule has 0 bridgehead atoms. The normalized spacial score (nSPS) is 10.2. The Balaban J connectivity index is 2.11. The first-order valence-corrected chi connectivity index (χ1v) is 4.98. The fraction of sp³-hybridized carbons (Fsp3) is 0.154. The maximum atomic E-state index is 11.8. The van der Waals surface area contributed by atoms with Gasteiger partial charge in [-0.3, -0.25) is 4.79 Å². The van der Waals surface area contributed by atoms with Crippen LogP contribution in [0.25, 0.3) is 0 Å². The number of nitrogens with one attached hydrogen (secondary N) is 1. The molecule has 0 amide bonds. The zero-order valence-corrected chi connectivity index (χ0v) is 8.66. The number of H-pyrrole nitrogens is 1. The molecule has 0 unspecified atom stereocenters. The highest BCUT2D eigenvalue weighted by molar-refractivity contribution is 5.96. The number of aromatic amines is 1. The molecule has 0 atom stereocenters. The lowest BCUT2D eigenvalue weighted by Crippen LogP contribution is -2.03. The van der Waals surface area contributed by atoms with Crippen LogP contribution >= 0.6 is 0 Å². The third-order valence-electron chi connectivity index (χ3n) is 2.34. The molecule has 2 heteroatoms. The first-order valence-electron chi connectivity index (χ1n) is 4.98. The molecule has 0 saturated heterocycles. The number of Topliss-reactive ketones (excluding diaryl/α,β-unsaturated/α-hetero) is 1. The van der Waals surface area contributed by atoms with Crippen LogP contribution in [0.3, 0.4) is 0 Å². The van der Waals surface area contributed by atoms with Crippen LogP contribution in [-0.2, 0) is 6.42 Å². The number of rotatable bonds is 3. The second-order valence-electron chi connectivity index (χ2n) is 3.68. The van der Waals surface area contributed by atoms with Gasteiger partial charge in [0.1, 0.15) is 0 Å².